The van der Waals surface area contributed by atoms with Crippen molar-refractivity contribution < 1.29 is 14.3 Å². The molecule has 15 heavy (non-hydrogen) atoms. The molecule has 0 aromatic rings. The van der Waals surface area contributed by atoms with E-state index >= 15 is 0 Å². The van der Waals surface area contributed by atoms with Gasteiger partial charge in [0.1, 0.15) is 0 Å². The van der Waals surface area contributed by atoms with Gasteiger partial charge in [0, 0.05) is 32.8 Å². The van der Waals surface area contributed by atoms with Gasteiger partial charge in [-0.05, 0) is 13.3 Å². The van der Waals surface area contributed by atoms with E-state index in [1.54, 1.807) is 12.0 Å². The van der Waals surface area contributed by atoms with E-state index in [0.717, 1.165) is 6.42 Å². The Hall–Kier alpha value is -0.810. The van der Waals surface area contributed by atoms with Crippen molar-refractivity contribution in [2.24, 2.45) is 0 Å². The molecule has 0 bridgehead atoms. The van der Waals surface area contributed by atoms with Gasteiger partial charge in [-0.2, -0.15) is 0 Å². The van der Waals surface area contributed by atoms with Crippen molar-refractivity contribution in [3.05, 3.63) is 0 Å². The fourth-order valence-corrected chi connectivity index (χ4v) is 1.44. The topological polar surface area (TPSA) is 50.8 Å². The summed E-state index contributed by atoms with van der Waals surface area (Å²) < 4.78 is 10.1. The summed E-state index contributed by atoms with van der Waals surface area (Å²) in [6.45, 7) is 5.30. The van der Waals surface area contributed by atoms with Crippen LogP contribution in [0.2, 0.25) is 0 Å². The molecule has 1 atom stereocenters. The van der Waals surface area contributed by atoms with Crippen molar-refractivity contribution in [3.63, 3.8) is 0 Å². The fraction of sp³-hybridized carbons (Fsp3) is 0.900. The largest absolute Gasteiger partial charge is 0.385 e. The zero-order valence-electron chi connectivity index (χ0n) is 9.49. The Morgan fingerprint density at radius 3 is 2.80 bits per heavy atom. The number of carbonyl (C=O) groups excluding carboxylic acids is 1. The Morgan fingerprint density at radius 2 is 2.20 bits per heavy atom. The van der Waals surface area contributed by atoms with Crippen LogP contribution in [-0.4, -0.2) is 57.0 Å². The Labute approximate surface area is 90.7 Å². The number of nitrogens with one attached hydrogen (secondary N) is 1. The van der Waals surface area contributed by atoms with Crippen LogP contribution in [0.3, 0.4) is 0 Å². The average Bonchev–Trinajstić information content (AvgIpc) is 2.27. The maximum atomic E-state index is 11.7. The molecular weight excluding hydrogens is 196 g/mol. The van der Waals surface area contributed by atoms with Gasteiger partial charge in [0.15, 0.2) is 0 Å². The molecule has 2 amide bonds. The van der Waals surface area contributed by atoms with Crippen LogP contribution >= 0.6 is 0 Å². The number of hydrogen-bond acceptors (Lipinski definition) is 3. The quantitative estimate of drug-likeness (QED) is 0.742. The van der Waals surface area contributed by atoms with Crippen LogP contribution < -0.4 is 5.32 Å². The van der Waals surface area contributed by atoms with E-state index in [1.165, 1.54) is 0 Å². The summed E-state index contributed by atoms with van der Waals surface area (Å²) in [5.41, 5.74) is 0. The maximum absolute atomic E-state index is 11.7. The number of ether oxygens (including phenoxy) is 2. The third-order valence-electron chi connectivity index (χ3n) is 2.42. The highest BCUT2D eigenvalue weighted by Crippen LogP contribution is 1.99. The number of methoxy groups -OCH3 is 1. The van der Waals surface area contributed by atoms with E-state index in [4.69, 9.17) is 9.47 Å². The molecule has 1 N–H and O–H groups in total. The number of morpholine rings is 1. The molecule has 88 valence electrons. The van der Waals surface area contributed by atoms with Crippen LogP contribution in [0.1, 0.15) is 13.3 Å². The number of hydrogen-bond donors (Lipinski definition) is 1. The third kappa shape index (κ3) is 4.48. The van der Waals surface area contributed by atoms with E-state index in [2.05, 4.69) is 5.32 Å². The number of amides is 2. The van der Waals surface area contributed by atoms with E-state index < -0.39 is 0 Å². The molecule has 1 fully saturated rings. The maximum Gasteiger partial charge on any atom is 0.317 e. The summed E-state index contributed by atoms with van der Waals surface area (Å²) >= 11 is 0. The second-order valence-electron chi connectivity index (χ2n) is 3.73. The standard InChI is InChI=1S/C10H20N2O3/c1-9(3-6-14-2)11-10(13)12-4-7-15-8-5-12/h9H,3-8H2,1-2H3,(H,11,13). The van der Waals surface area contributed by atoms with Crippen LogP contribution in [0, 0.1) is 0 Å². The second kappa shape index (κ2) is 6.63. The summed E-state index contributed by atoms with van der Waals surface area (Å²) in [5, 5.41) is 2.94. The fourth-order valence-electron chi connectivity index (χ4n) is 1.44. The first-order valence-electron chi connectivity index (χ1n) is 5.36. The average molecular weight is 216 g/mol. The first-order valence-corrected chi connectivity index (χ1v) is 5.36. The highest BCUT2D eigenvalue weighted by Gasteiger charge is 2.17. The van der Waals surface area contributed by atoms with Gasteiger partial charge in [-0.25, -0.2) is 4.79 Å². The number of urea groups is 1. The van der Waals surface area contributed by atoms with Crippen LogP contribution in [-0.2, 0) is 9.47 Å². The van der Waals surface area contributed by atoms with Crippen LogP contribution in [0.25, 0.3) is 0 Å². The minimum absolute atomic E-state index is 0.00176. The zero-order chi connectivity index (χ0) is 11.1. The lowest BCUT2D eigenvalue weighted by Gasteiger charge is -2.28. The van der Waals surface area contributed by atoms with Crippen molar-refractivity contribution in [1.29, 1.82) is 0 Å². The monoisotopic (exact) mass is 216 g/mol. The van der Waals surface area contributed by atoms with E-state index in [-0.39, 0.29) is 12.1 Å². The van der Waals surface area contributed by atoms with Crippen LogP contribution in [0.15, 0.2) is 0 Å². The molecule has 5 nitrogen and oxygen atoms in total. The lowest BCUT2D eigenvalue weighted by Crippen LogP contribution is -2.48. The molecule has 1 rings (SSSR count). The molecule has 1 unspecified atom stereocenters. The van der Waals surface area contributed by atoms with Crippen LogP contribution in [0.4, 0.5) is 4.79 Å². The van der Waals surface area contributed by atoms with Crippen molar-refractivity contribution in [2.75, 3.05) is 40.0 Å². The minimum atomic E-state index is 0.00176. The van der Waals surface area contributed by atoms with Gasteiger partial charge in [-0.3, -0.25) is 0 Å². The summed E-state index contributed by atoms with van der Waals surface area (Å²) in [6.07, 6.45) is 0.840. The molecular formula is C10H20N2O3. The SMILES string of the molecule is COCCC(C)NC(=O)N1CCOCC1. The number of carbonyl (C=O) groups is 1. The zero-order valence-corrected chi connectivity index (χ0v) is 9.49. The molecule has 0 aromatic heterocycles. The summed E-state index contributed by atoms with van der Waals surface area (Å²) in [5.74, 6) is 0. The van der Waals surface area contributed by atoms with Gasteiger partial charge < -0.3 is 19.7 Å². The van der Waals surface area contributed by atoms with Gasteiger partial charge in [0.05, 0.1) is 13.2 Å². The van der Waals surface area contributed by atoms with E-state index in [9.17, 15) is 4.79 Å². The Bertz CT molecular complexity index is 193. The highest BCUT2D eigenvalue weighted by molar-refractivity contribution is 5.74. The van der Waals surface area contributed by atoms with Crippen molar-refractivity contribution >= 4 is 6.03 Å². The minimum Gasteiger partial charge on any atom is -0.385 e. The molecule has 0 radical (unpaired) electrons. The Morgan fingerprint density at radius 1 is 1.53 bits per heavy atom. The normalized spacial score (nSPS) is 18.7. The van der Waals surface area contributed by atoms with Crippen LogP contribution in [0.5, 0.6) is 0 Å². The second-order valence-corrected chi connectivity index (χ2v) is 3.73. The predicted octanol–water partition coefficient (Wildman–Crippen LogP) is 0.453. The smallest absolute Gasteiger partial charge is 0.317 e. The predicted molar refractivity (Wildman–Crippen MR) is 56.9 cm³/mol. The third-order valence-corrected chi connectivity index (χ3v) is 2.42. The van der Waals surface area contributed by atoms with E-state index in [1.807, 2.05) is 6.92 Å². The summed E-state index contributed by atoms with van der Waals surface area (Å²) in [4.78, 5) is 13.5. The number of rotatable bonds is 4. The van der Waals surface area contributed by atoms with Crippen molar-refractivity contribution in [2.45, 2.75) is 19.4 Å². The lowest BCUT2D eigenvalue weighted by atomic mass is 10.2. The summed E-state index contributed by atoms with van der Waals surface area (Å²) in [6, 6.07) is 0.155. The molecule has 0 saturated carbocycles. The molecule has 1 aliphatic heterocycles. The first kappa shape index (κ1) is 12.3. The highest BCUT2D eigenvalue weighted by atomic mass is 16.5. The lowest BCUT2D eigenvalue weighted by molar-refractivity contribution is 0.0523. The van der Waals surface area contributed by atoms with Gasteiger partial charge in [-0.15, -0.1) is 0 Å². The molecule has 0 spiro atoms. The molecule has 1 saturated heterocycles. The molecule has 1 heterocycles. The molecule has 0 aromatic carbocycles. The first-order chi connectivity index (χ1) is 7.24. The van der Waals surface area contributed by atoms with Crippen molar-refractivity contribution in [1.82, 2.24) is 10.2 Å². The van der Waals surface area contributed by atoms with Gasteiger partial charge in [-0.1, -0.05) is 0 Å². The van der Waals surface area contributed by atoms with E-state index in [0.29, 0.717) is 32.9 Å². The molecule has 0 aliphatic carbocycles. The van der Waals surface area contributed by atoms with Gasteiger partial charge >= 0.3 is 6.03 Å². The van der Waals surface area contributed by atoms with Crippen molar-refractivity contribution in [3.8, 4) is 0 Å². The Balaban J connectivity index is 2.21. The molecule has 5 heteroatoms. The van der Waals surface area contributed by atoms with Gasteiger partial charge in [0.25, 0.3) is 0 Å². The van der Waals surface area contributed by atoms with Gasteiger partial charge in [0.2, 0.25) is 0 Å². The molecule has 1 aliphatic rings. The summed E-state index contributed by atoms with van der Waals surface area (Å²) in [7, 11) is 1.66. The Kier molecular flexibility index (Phi) is 5.42. The number of nitrogens with zero attached hydrogens (tertiary/aromatic N) is 1.